The fraction of sp³-hybridized carbons (Fsp3) is 0.333. The maximum absolute atomic E-state index is 13.1. The molecule has 0 amide bonds. The van der Waals surface area contributed by atoms with Crippen molar-refractivity contribution in [2.24, 2.45) is 0 Å². The van der Waals surface area contributed by atoms with Crippen LogP contribution in [0.2, 0.25) is 0 Å². The van der Waals surface area contributed by atoms with Gasteiger partial charge in [0.25, 0.3) is 11.4 Å². The molecule has 0 saturated heterocycles. The lowest BCUT2D eigenvalue weighted by Gasteiger charge is -2.03. The molecular weight excluding hydrogens is 189 g/mol. The molecule has 4 heteroatoms. The summed E-state index contributed by atoms with van der Waals surface area (Å²) in [5.74, 6) is -0.328. The Balaban J connectivity index is 2.90. The molecule has 1 rings (SSSR count). The van der Waals surface area contributed by atoms with Crippen LogP contribution in [0.15, 0.2) is 18.2 Å². The van der Waals surface area contributed by atoms with Crippen LogP contribution < -0.4 is 4.72 Å². The maximum Gasteiger partial charge on any atom is 0.259 e. The Hall–Kier alpha value is -0.740. The van der Waals surface area contributed by atoms with Crippen molar-refractivity contribution >= 4 is 17.0 Å². The molecule has 2 nitrogen and oxygen atoms in total. The van der Waals surface area contributed by atoms with Gasteiger partial charge in [-0.05, 0) is 24.1 Å². The molecule has 0 heterocycles. The zero-order valence-electron chi connectivity index (χ0n) is 7.67. The standard InChI is InChI=1S/C9H13FNOS/c1-3-7-4-5-8(10)9(6-7)11-13(2)12/h4-6,11-12H,3H2,1-2H3/q+1. The van der Waals surface area contributed by atoms with E-state index in [1.54, 1.807) is 18.4 Å². The van der Waals surface area contributed by atoms with E-state index in [0.29, 0.717) is 5.69 Å². The molecule has 0 aliphatic rings. The first kappa shape index (κ1) is 10.3. The summed E-state index contributed by atoms with van der Waals surface area (Å²) in [6.07, 6.45) is 2.44. The van der Waals surface area contributed by atoms with E-state index >= 15 is 0 Å². The minimum atomic E-state index is -0.977. The van der Waals surface area contributed by atoms with Crippen LogP contribution in [0.4, 0.5) is 10.1 Å². The highest BCUT2D eigenvalue weighted by Crippen LogP contribution is 2.17. The summed E-state index contributed by atoms with van der Waals surface area (Å²) in [6, 6.07) is 4.87. The third-order valence-electron chi connectivity index (χ3n) is 1.70. The highest BCUT2D eigenvalue weighted by molar-refractivity contribution is 7.92. The first-order chi connectivity index (χ1) is 6.13. The van der Waals surface area contributed by atoms with E-state index in [-0.39, 0.29) is 5.82 Å². The summed E-state index contributed by atoms with van der Waals surface area (Å²) >= 11 is -0.977. The van der Waals surface area contributed by atoms with Crippen LogP contribution in [0.25, 0.3) is 0 Å². The third kappa shape index (κ3) is 2.90. The van der Waals surface area contributed by atoms with Crippen molar-refractivity contribution in [3.8, 4) is 0 Å². The van der Waals surface area contributed by atoms with Crippen LogP contribution in [0.5, 0.6) is 0 Å². The summed E-state index contributed by atoms with van der Waals surface area (Å²) in [5, 5.41) is 0. The van der Waals surface area contributed by atoms with Crippen molar-refractivity contribution in [2.75, 3.05) is 11.0 Å². The lowest BCUT2D eigenvalue weighted by Crippen LogP contribution is -2.10. The van der Waals surface area contributed by atoms with Crippen LogP contribution in [0, 0.1) is 5.82 Å². The molecule has 0 aromatic heterocycles. The molecule has 0 radical (unpaired) electrons. The lowest BCUT2D eigenvalue weighted by atomic mass is 10.1. The van der Waals surface area contributed by atoms with Crippen LogP contribution >= 0.6 is 0 Å². The summed E-state index contributed by atoms with van der Waals surface area (Å²) in [4.78, 5) is 0. The zero-order valence-corrected chi connectivity index (χ0v) is 8.49. The first-order valence-electron chi connectivity index (χ1n) is 4.03. The number of hydrogen-bond donors (Lipinski definition) is 2. The molecule has 2 N–H and O–H groups in total. The van der Waals surface area contributed by atoms with Crippen molar-refractivity contribution in [3.63, 3.8) is 0 Å². The number of halogens is 1. The van der Waals surface area contributed by atoms with E-state index in [1.165, 1.54) is 6.07 Å². The van der Waals surface area contributed by atoms with E-state index in [2.05, 4.69) is 4.72 Å². The SMILES string of the molecule is CCc1ccc(F)c(N[S+](C)O)c1. The van der Waals surface area contributed by atoms with Gasteiger partial charge in [-0.1, -0.05) is 13.0 Å². The molecule has 1 aromatic rings. The molecule has 0 aliphatic carbocycles. The van der Waals surface area contributed by atoms with Gasteiger partial charge < -0.3 is 0 Å². The van der Waals surface area contributed by atoms with Crippen molar-refractivity contribution in [2.45, 2.75) is 13.3 Å². The average molecular weight is 202 g/mol. The topological polar surface area (TPSA) is 32.3 Å². The Labute approximate surface area is 80.5 Å². The van der Waals surface area contributed by atoms with Gasteiger partial charge in [-0.15, -0.1) is 0 Å². The van der Waals surface area contributed by atoms with Gasteiger partial charge in [-0.3, -0.25) is 0 Å². The second-order valence-corrected chi connectivity index (χ2v) is 3.91. The molecule has 0 fully saturated rings. The van der Waals surface area contributed by atoms with E-state index in [9.17, 15) is 4.39 Å². The van der Waals surface area contributed by atoms with Gasteiger partial charge in [-0.2, -0.15) is 9.27 Å². The second-order valence-electron chi connectivity index (χ2n) is 2.75. The number of anilines is 1. The quantitative estimate of drug-likeness (QED) is 0.738. The van der Waals surface area contributed by atoms with Crippen molar-refractivity contribution in [3.05, 3.63) is 29.6 Å². The highest BCUT2D eigenvalue weighted by atomic mass is 32.2. The van der Waals surface area contributed by atoms with Crippen molar-refractivity contribution in [1.29, 1.82) is 0 Å². The van der Waals surface area contributed by atoms with Gasteiger partial charge in [0.2, 0.25) is 0 Å². The van der Waals surface area contributed by atoms with E-state index in [1.807, 2.05) is 6.92 Å². The summed E-state index contributed by atoms with van der Waals surface area (Å²) in [6.45, 7) is 2.00. The predicted octanol–water partition coefficient (Wildman–Crippen LogP) is 2.44. The number of nitrogens with one attached hydrogen (secondary N) is 1. The Kier molecular flexibility index (Phi) is 3.57. The normalized spacial score (nSPS) is 12.6. The van der Waals surface area contributed by atoms with E-state index in [4.69, 9.17) is 4.55 Å². The Morgan fingerprint density at radius 1 is 1.54 bits per heavy atom. The molecule has 72 valence electrons. The minimum absolute atomic E-state index is 0.328. The smallest absolute Gasteiger partial charge is 0.205 e. The summed E-state index contributed by atoms with van der Waals surface area (Å²) in [7, 11) is 0. The van der Waals surface area contributed by atoms with Crippen LogP contribution in [0.1, 0.15) is 12.5 Å². The highest BCUT2D eigenvalue weighted by Gasteiger charge is 2.10. The number of aryl methyl sites for hydroxylation is 1. The Morgan fingerprint density at radius 2 is 2.23 bits per heavy atom. The number of benzene rings is 1. The third-order valence-corrected chi connectivity index (χ3v) is 2.21. The number of rotatable bonds is 3. The van der Waals surface area contributed by atoms with Gasteiger partial charge >= 0.3 is 0 Å². The number of hydrogen-bond acceptors (Lipinski definition) is 2. The molecule has 0 spiro atoms. The van der Waals surface area contributed by atoms with Crippen LogP contribution in [-0.4, -0.2) is 10.8 Å². The zero-order chi connectivity index (χ0) is 9.84. The van der Waals surface area contributed by atoms with Gasteiger partial charge in [0, 0.05) is 0 Å². The van der Waals surface area contributed by atoms with Crippen LogP contribution in [-0.2, 0) is 17.8 Å². The lowest BCUT2D eigenvalue weighted by molar-refractivity contribution is 0.628. The molecule has 1 aromatic carbocycles. The Morgan fingerprint density at radius 3 is 2.77 bits per heavy atom. The first-order valence-corrected chi connectivity index (χ1v) is 5.62. The van der Waals surface area contributed by atoms with Gasteiger partial charge in [0.05, 0.1) is 0 Å². The monoisotopic (exact) mass is 202 g/mol. The van der Waals surface area contributed by atoms with Gasteiger partial charge in [-0.25, -0.2) is 4.39 Å². The summed E-state index contributed by atoms with van der Waals surface area (Å²) in [5.41, 5.74) is 1.42. The van der Waals surface area contributed by atoms with E-state index in [0.717, 1.165) is 12.0 Å². The van der Waals surface area contributed by atoms with Crippen molar-refractivity contribution in [1.82, 2.24) is 0 Å². The van der Waals surface area contributed by atoms with Gasteiger partial charge in [0.15, 0.2) is 12.1 Å². The maximum atomic E-state index is 13.1. The predicted molar refractivity (Wildman–Crippen MR) is 55.3 cm³/mol. The average Bonchev–Trinajstić information content (AvgIpc) is 2.08. The second kappa shape index (κ2) is 4.48. The molecule has 13 heavy (non-hydrogen) atoms. The molecular formula is C9H13FNOS+. The fourth-order valence-corrected chi connectivity index (χ4v) is 1.50. The molecule has 1 atom stereocenters. The molecule has 0 aliphatic heterocycles. The molecule has 1 unspecified atom stereocenters. The molecule has 0 saturated carbocycles. The van der Waals surface area contributed by atoms with E-state index < -0.39 is 11.4 Å². The molecule has 0 bridgehead atoms. The van der Waals surface area contributed by atoms with Crippen LogP contribution in [0.3, 0.4) is 0 Å². The fourth-order valence-electron chi connectivity index (χ4n) is 1.03. The minimum Gasteiger partial charge on any atom is -0.205 e. The van der Waals surface area contributed by atoms with Gasteiger partial charge in [0.1, 0.15) is 5.69 Å². The summed E-state index contributed by atoms with van der Waals surface area (Å²) < 4.78 is 24.8. The Bertz CT molecular complexity index is 291. The van der Waals surface area contributed by atoms with Crippen molar-refractivity contribution < 1.29 is 8.94 Å². The largest absolute Gasteiger partial charge is 0.259 e.